The first kappa shape index (κ1) is 31.5. The first-order valence-electron chi connectivity index (χ1n) is 12.7. The van der Waals surface area contributed by atoms with Crippen LogP contribution < -0.4 is 14.4 Å². The van der Waals surface area contributed by atoms with Crippen LogP contribution in [0.2, 0.25) is 0 Å². The molecule has 12 heteroatoms. The number of hydrogen-bond donors (Lipinski definition) is 1. The minimum atomic E-state index is -4.74. The van der Waals surface area contributed by atoms with Gasteiger partial charge in [0.15, 0.2) is 0 Å². The highest BCUT2D eigenvalue weighted by atomic mass is 32.2. The third kappa shape index (κ3) is 8.00. The Kier molecular flexibility index (Phi) is 10.0. The molecular weight excluding hydrogens is 559 g/mol. The standard InChI is InChI=1S/C29H32F3N3O5S/c1-20(2)33-28(37)21(3)34(18-22-13-15-25(40-4)16-14-22)27(36)19-35(41(38,39)26-11-6-5-7-12-26)24-10-8-9-23(17-24)29(30,31)32/h5-17,20-21H,18-19H2,1-4H3,(H,33,37)/t21-/m0/s1. The maximum Gasteiger partial charge on any atom is 0.416 e. The Morgan fingerprint density at radius 1 is 0.927 bits per heavy atom. The van der Waals surface area contributed by atoms with E-state index in [0.29, 0.717) is 21.7 Å². The summed E-state index contributed by atoms with van der Waals surface area (Å²) < 4.78 is 73.8. The minimum Gasteiger partial charge on any atom is -0.497 e. The fourth-order valence-electron chi connectivity index (χ4n) is 4.00. The lowest BCUT2D eigenvalue weighted by Crippen LogP contribution is -2.52. The van der Waals surface area contributed by atoms with E-state index in [9.17, 15) is 31.2 Å². The minimum absolute atomic E-state index is 0.0721. The Morgan fingerprint density at radius 3 is 2.12 bits per heavy atom. The number of halogens is 3. The summed E-state index contributed by atoms with van der Waals surface area (Å²) in [5.41, 5.74) is -0.795. The molecule has 0 aliphatic rings. The third-order valence-corrected chi connectivity index (χ3v) is 7.97. The number of rotatable bonds is 11. The lowest BCUT2D eigenvalue weighted by atomic mass is 10.1. The number of sulfonamides is 1. The molecular formula is C29H32F3N3O5S. The van der Waals surface area contributed by atoms with E-state index in [4.69, 9.17) is 4.74 Å². The number of anilines is 1. The fraction of sp³-hybridized carbons (Fsp3) is 0.310. The predicted molar refractivity (Wildman–Crippen MR) is 149 cm³/mol. The van der Waals surface area contributed by atoms with Gasteiger partial charge < -0.3 is 15.0 Å². The van der Waals surface area contributed by atoms with E-state index in [-0.39, 0.29) is 23.2 Å². The van der Waals surface area contributed by atoms with Crippen molar-refractivity contribution in [2.75, 3.05) is 18.0 Å². The summed E-state index contributed by atoms with van der Waals surface area (Å²) in [6.07, 6.45) is -4.74. The Labute approximate surface area is 237 Å². The van der Waals surface area contributed by atoms with Crippen molar-refractivity contribution < 1.29 is 35.9 Å². The van der Waals surface area contributed by atoms with E-state index < -0.39 is 46.2 Å². The average molecular weight is 592 g/mol. The molecule has 0 bridgehead atoms. The average Bonchev–Trinajstić information content (AvgIpc) is 2.94. The Bertz CT molecular complexity index is 1450. The van der Waals surface area contributed by atoms with Crippen molar-refractivity contribution in [3.05, 3.63) is 90.0 Å². The molecule has 220 valence electrons. The van der Waals surface area contributed by atoms with Crippen LogP contribution in [0, 0.1) is 0 Å². The van der Waals surface area contributed by atoms with Crippen LogP contribution in [0.5, 0.6) is 5.75 Å². The molecule has 0 radical (unpaired) electrons. The summed E-state index contributed by atoms with van der Waals surface area (Å²) in [5.74, 6) is -0.690. The molecule has 0 unspecified atom stereocenters. The van der Waals surface area contributed by atoms with Crippen molar-refractivity contribution in [1.82, 2.24) is 10.2 Å². The van der Waals surface area contributed by atoms with Gasteiger partial charge in [0.25, 0.3) is 10.0 Å². The van der Waals surface area contributed by atoms with Gasteiger partial charge in [-0.1, -0.05) is 36.4 Å². The van der Waals surface area contributed by atoms with Gasteiger partial charge in [-0.05, 0) is 68.8 Å². The van der Waals surface area contributed by atoms with E-state index in [1.165, 1.54) is 49.3 Å². The van der Waals surface area contributed by atoms with Crippen LogP contribution in [-0.4, -0.2) is 50.9 Å². The van der Waals surface area contributed by atoms with E-state index in [2.05, 4.69) is 5.32 Å². The summed E-state index contributed by atoms with van der Waals surface area (Å²) in [5, 5.41) is 2.74. The largest absolute Gasteiger partial charge is 0.497 e. The Balaban J connectivity index is 2.07. The van der Waals surface area contributed by atoms with Gasteiger partial charge in [0.05, 0.1) is 23.3 Å². The number of benzene rings is 3. The second-order valence-corrected chi connectivity index (χ2v) is 11.4. The fourth-order valence-corrected chi connectivity index (χ4v) is 5.43. The number of carbonyl (C=O) groups is 2. The van der Waals surface area contributed by atoms with Gasteiger partial charge in [0.2, 0.25) is 11.8 Å². The maximum absolute atomic E-state index is 13.8. The lowest BCUT2D eigenvalue weighted by molar-refractivity contribution is -0.139. The van der Waals surface area contributed by atoms with Gasteiger partial charge in [0, 0.05) is 12.6 Å². The van der Waals surface area contributed by atoms with Gasteiger partial charge >= 0.3 is 6.18 Å². The van der Waals surface area contributed by atoms with Crippen molar-refractivity contribution in [2.45, 2.75) is 50.5 Å². The number of hydrogen-bond acceptors (Lipinski definition) is 5. The van der Waals surface area contributed by atoms with Crippen LogP contribution in [-0.2, 0) is 32.3 Å². The molecule has 8 nitrogen and oxygen atoms in total. The Hall–Kier alpha value is -4.06. The molecule has 1 N–H and O–H groups in total. The zero-order chi connectivity index (χ0) is 30.4. The highest BCUT2D eigenvalue weighted by Crippen LogP contribution is 2.33. The monoisotopic (exact) mass is 591 g/mol. The van der Waals surface area contributed by atoms with Gasteiger partial charge in [-0.2, -0.15) is 13.2 Å². The molecule has 0 fully saturated rings. The number of nitrogens with one attached hydrogen (secondary N) is 1. The maximum atomic E-state index is 13.8. The summed E-state index contributed by atoms with van der Waals surface area (Å²) >= 11 is 0. The molecule has 0 aliphatic carbocycles. The van der Waals surface area contributed by atoms with Crippen LogP contribution in [0.4, 0.5) is 18.9 Å². The molecule has 0 spiro atoms. The normalized spacial score (nSPS) is 12.5. The van der Waals surface area contributed by atoms with Gasteiger partial charge in [-0.25, -0.2) is 8.42 Å². The lowest BCUT2D eigenvalue weighted by Gasteiger charge is -2.32. The molecule has 0 aromatic heterocycles. The zero-order valence-electron chi connectivity index (χ0n) is 23.1. The highest BCUT2D eigenvalue weighted by molar-refractivity contribution is 7.92. The number of amides is 2. The zero-order valence-corrected chi connectivity index (χ0v) is 23.9. The molecule has 0 heterocycles. The van der Waals surface area contributed by atoms with Crippen LogP contribution >= 0.6 is 0 Å². The highest BCUT2D eigenvalue weighted by Gasteiger charge is 2.35. The second kappa shape index (κ2) is 13.1. The molecule has 2 amide bonds. The van der Waals surface area contributed by atoms with Crippen molar-refractivity contribution in [1.29, 1.82) is 0 Å². The number of nitrogens with zero attached hydrogens (tertiary/aromatic N) is 2. The summed E-state index contributed by atoms with van der Waals surface area (Å²) in [6.45, 7) is 4.08. The van der Waals surface area contributed by atoms with Crippen LogP contribution in [0.3, 0.4) is 0 Å². The van der Waals surface area contributed by atoms with Gasteiger partial charge in [0.1, 0.15) is 18.3 Å². The first-order chi connectivity index (χ1) is 19.2. The van der Waals surface area contributed by atoms with Crippen molar-refractivity contribution in [3.8, 4) is 5.75 Å². The molecule has 0 saturated carbocycles. The number of ether oxygens (including phenoxy) is 1. The van der Waals surface area contributed by atoms with Crippen molar-refractivity contribution in [2.24, 2.45) is 0 Å². The molecule has 0 saturated heterocycles. The molecule has 3 rings (SSSR count). The SMILES string of the molecule is COc1ccc(CN(C(=O)CN(c2cccc(C(F)(F)F)c2)S(=O)(=O)c2ccccc2)[C@@H](C)C(=O)NC(C)C)cc1. The molecule has 3 aromatic carbocycles. The summed E-state index contributed by atoms with van der Waals surface area (Å²) in [4.78, 5) is 27.8. The van der Waals surface area contributed by atoms with Crippen molar-refractivity contribution in [3.63, 3.8) is 0 Å². The second-order valence-electron chi connectivity index (χ2n) is 9.58. The van der Waals surface area contributed by atoms with Gasteiger partial charge in [-0.15, -0.1) is 0 Å². The Morgan fingerprint density at radius 2 is 1.56 bits per heavy atom. The van der Waals surface area contributed by atoms with Crippen LogP contribution in [0.25, 0.3) is 0 Å². The first-order valence-corrected chi connectivity index (χ1v) is 14.2. The van der Waals surface area contributed by atoms with E-state index in [0.717, 1.165) is 12.1 Å². The van der Waals surface area contributed by atoms with Crippen LogP contribution in [0.1, 0.15) is 31.9 Å². The smallest absolute Gasteiger partial charge is 0.416 e. The molecule has 1 atom stereocenters. The third-order valence-electron chi connectivity index (χ3n) is 6.18. The van der Waals surface area contributed by atoms with E-state index in [1.807, 2.05) is 0 Å². The van der Waals surface area contributed by atoms with Crippen molar-refractivity contribution >= 4 is 27.5 Å². The van der Waals surface area contributed by atoms with Gasteiger partial charge in [-0.3, -0.25) is 13.9 Å². The number of carbonyl (C=O) groups excluding carboxylic acids is 2. The predicted octanol–water partition coefficient (Wildman–Crippen LogP) is 4.85. The van der Waals surface area contributed by atoms with E-state index >= 15 is 0 Å². The van der Waals surface area contributed by atoms with E-state index in [1.54, 1.807) is 44.2 Å². The topological polar surface area (TPSA) is 96.0 Å². The number of methoxy groups -OCH3 is 1. The van der Waals surface area contributed by atoms with Crippen LogP contribution in [0.15, 0.2) is 83.8 Å². The quantitative estimate of drug-likeness (QED) is 0.344. The summed E-state index contributed by atoms with van der Waals surface area (Å²) in [6, 6.07) is 16.3. The number of alkyl halides is 3. The molecule has 41 heavy (non-hydrogen) atoms. The molecule has 0 aliphatic heterocycles. The summed E-state index contributed by atoms with van der Waals surface area (Å²) in [7, 11) is -2.99. The molecule has 3 aromatic rings.